The number of aryl methyl sites for hydroxylation is 2. The average Bonchev–Trinajstić information content (AvgIpc) is 3.20. The summed E-state index contributed by atoms with van der Waals surface area (Å²) >= 11 is 0. The van der Waals surface area contributed by atoms with Crippen molar-refractivity contribution in [3.05, 3.63) is 17.5 Å². The highest BCUT2D eigenvalue weighted by Gasteiger charge is 2.20. The summed E-state index contributed by atoms with van der Waals surface area (Å²) in [7, 11) is 0. The molecule has 1 atom stereocenters. The summed E-state index contributed by atoms with van der Waals surface area (Å²) in [6.45, 7) is 7.36. The first-order valence-corrected chi connectivity index (χ1v) is 9.39. The van der Waals surface area contributed by atoms with E-state index < -0.39 is 0 Å². The van der Waals surface area contributed by atoms with Crippen molar-refractivity contribution in [2.45, 2.75) is 64.6 Å². The van der Waals surface area contributed by atoms with Gasteiger partial charge in [0.05, 0.1) is 17.5 Å². The predicted octanol–water partition coefficient (Wildman–Crippen LogP) is 1.41. The van der Waals surface area contributed by atoms with Crippen molar-refractivity contribution in [2.24, 2.45) is 0 Å². The van der Waals surface area contributed by atoms with E-state index in [0.29, 0.717) is 6.42 Å². The molecule has 1 aromatic heterocycles. The van der Waals surface area contributed by atoms with E-state index in [1.54, 1.807) is 0 Å². The number of carbonyl (C=O) groups excluding carboxylic acids is 1. The minimum atomic E-state index is -0.253. The smallest absolute Gasteiger partial charge is 0.222 e. The molecule has 1 unspecified atom stereocenters. The first-order chi connectivity index (χ1) is 11.7. The van der Waals surface area contributed by atoms with Crippen LogP contribution in [0.3, 0.4) is 0 Å². The van der Waals surface area contributed by atoms with Crippen LogP contribution in [0, 0.1) is 0 Å². The molecule has 3 rings (SSSR count). The van der Waals surface area contributed by atoms with Crippen LogP contribution in [0.25, 0.3) is 0 Å². The number of hydrogen-bond donors (Lipinski definition) is 1. The molecule has 1 fully saturated rings. The number of carbonyl (C=O) groups is 1. The molecule has 1 N–H and O–H groups in total. The third kappa shape index (κ3) is 4.36. The molecular formula is C18H30N4O2. The second kappa shape index (κ2) is 8.12. The number of fused-ring (bicyclic) bond motifs is 1. The highest BCUT2D eigenvalue weighted by molar-refractivity contribution is 5.76. The number of β-amino-alcohol motifs (C(OH)–C–C–N with tert-alkyl or cyclic N) is 1. The third-order valence-corrected chi connectivity index (χ3v) is 5.14. The van der Waals surface area contributed by atoms with Gasteiger partial charge in [-0.25, -0.2) is 0 Å². The summed E-state index contributed by atoms with van der Waals surface area (Å²) in [6.07, 6.45) is 5.17. The SMILES string of the molecule is CCC(O)CN1CCCn2nc(CCC(=O)N3CCCC3)cc2C1. The molecule has 2 aliphatic heterocycles. The van der Waals surface area contributed by atoms with Crippen molar-refractivity contribution in [2.75, 3.05) is 26.2 Å². The van der Waals surface area contributed by atoms with Crippen molar-refractivity contribution in [1.82, 2.24) is 19.6 Å². The average molecular weight is 334 g/mol. The Labute approximate surface area is 144 Å². The predicted molar refractivity (Wildman–Crippen MR) is 92.6 cm³/mol. The highest BCUT2D eigenvalue weighted by atomic mass is 16.3. The van der Waals surface area contributed by atoms with Gasteiger partial charge in [-0.15, -0.1) is 0 Å². The largest absolute Gasteiger partial charge is 0.392 e. The Morgan fingerprint density at radius 1 is 1.25 bits per heavy atom. The molecule has 0 radical (unpaired) electrons. The van der Waals surface area contributed by atoms with Gasteiger partial charge in [0, 0.05) is 52.1 Å². The summed E-state index contributed by atoms with van der Waals surface area (Å²) < 4.78 is 2.09. The van der Waals surface area contributed by atoms with E-state index in [1.165, 1.54) is 5.69 Å². The van der Waals surface area contributed by atoms with Gasteiger partial charge < -0.3 is 10.0 Å². The summed E-state index contributed by atoms with van der Waals surface area (Å²) in [6, 6.07) is 2.15. The molecule has 6 nitrogen and oxygen atoms in total. The molecular weight excluding hydrogens is 304 g/mol. The molecule has 134 valence electrons. The fourth-order valence-electron chi connectivity index (χ4n) is 3.65. The van der Waals surface area contributed by atoms with Crippen molar-refractivity contribution in [3.63, 3.8) is 0 Å². The van der Waals surface area contributed by atoms with E-state index in [-0.39, 0.29) is 12.0 Å². The Balaban J connectivity index is 1.56. The lowest BCUT2D eigenvalue weighted by molar-refractivity contribution is -0.130. The van der Waals surface area contributed by atoms with E-state index in [1.807, 2.05) is 11.8 Å². The Morgan fingerprint density at radius 3 is 2.79 bits per heavy atom. The van der Waals surface area contributed by atoms with Gasteiger partial charge in [0.25, 0.3) is 0 Å². The van der Waals surface area contributed by atoms with Crippen LogP contribution in [-0.4, -0.2) is 62.9 Å². The second-order valence-corrected chi connectivity index (χ2v) is 7.09. The molecule has 0 aromatic carbocycles. The topological polar surface area (TPSA) is 61.6 Å². The van der Waals surface area contributed by atoms with Gasteiger partial charge in [0.15, 0.2) is 0 Å². The number of aliphatic hydroxyl groups excluding tert-OH is 1. The monoisotopic (exact) mass is 334 g/mol. The number of hydrogen-bond acceptors (Lipinski definition) is 4. The molecule has 2 aliphatic rings. The molecule has 1 amide bonds. The number of rotatable bonds is 6. The maximum Gasteiger partial charge on any atom is 0.222 e. The fraction of sp³-hybridized carbons (Fsp3) is 0.778. The minimum Gasteiger partial charge on any atom is -0.392 e. The molecule has 1 saturated heterocycles. The second-order valence-electron chi connectivity index (χ2n) is 7.09. The van der Waals surface area contributed by atoms with Crippen molar-refractivity contribution >= 4 is 5.91 Å². The number of amides is 1. The zero-order chi connectivity index (χ0) is 16.9. The van der Waals surface area contributed by atoms with Gasteiger partial charge in [-0.05, 0) is 31.7 Å². The van der Waals surface area contributed by atoms with Crippen LogP contribution in [0.5, 0.6) is 0 Å². The quantitative estimate of drug-likeness (QED) is 0.855. The zero-order valence-electron chi connectivity index (χ0n) is 14.8. The third-order valence-electron chi connectivity index (χ3n) is 5.14. The van der Waals surface area contributed by atoms with Crippen LogP contribution in [0.1, 0.15) is 50.4 Å². The molecule has 6 heteroatoms. The normalized spacial score (nSPS) is 20.0. The van der Waals surface area contributed by atoms with Crippen molar-refractivity contribution < 1.29 is 9.90 Å². The molecule has 3 heterocycles. The van der Waals surface area contributed by atoms with Crippen LogP contribution >= 0.6 is 0 Å². The lowest BCUT2D eigenvalue weighted by Crippen LogP contribution is -2.31. The summed E-state index contributed by atoms with van der Waals surface area (Å²) in [5.41, 5.74) is 2.23. The highest BCUT2D eigenvalue weighted by Crippen LogP contribution is 2.16. The van der Waals surface area contributed by atoms with Gasteiger partial charge in [0.2, 0.25) is 5.91 Å². The first kappa shape index (κ1) is 17.4. The maximum atomic E-state index is 12.2. The number of aromatic nitrogens is 2. The molecule has 0 saturated carbocycles. The Bertz CT molecular complexity index is 551. The Morgan fingerprint density at radius 2 is 2.04 bits per heavy atom. The Kier molecular flexibility index (Phi) is 5.89. The van der Waals surface area contributed by atoms with Gasteiger partial charge in [0.1, 0.15) is 0 Å². The van der Waals surface area contributed by atoms with Gasteiger partial charge in [-0.2, -0.15) is 5.10 Å². The van der Waals surface area contributed by atoms with Crippen LogP contribution in [0.2, 0.25) is 0 Å². The van der Waals surface area contributed by atoms with Gasteiger partial charge in [-0.3, -0.25) is 14.4 Å². The summed E-state index contributed by atoms with van der Waals surface area (Å²) in [4.78, 5) is 16.5. The van der Waals surface area contributed by atoms with Crippen LogP contribution in [-0.2, 0) is 24.3 Å². The van der Waals surface area contributed by atoms with E-state index in [0.717, 1.165) is 77.1 Å². The van der Waals surface area contributed by atoms with E-state index >= 15 is 0 Å². The van der Waals surface area contributed by atoms with Crippen molar-refractivity contribution in [1.29, 1.82) is 0 Å². The van der Waals surface area contributed by atoms with E-state index in [4.69, 9.17) is 5.10 Å². The van der Waals surface area contributed by atoms with Gasteiger partial charge in [-0.1, -0.05) is 6.92 Å². The van der Waals surface area contributed by atoms with Crippen LogP contribution in [0.4, 0.5) is 0 Å². The number of nitrogens with zero attached hydrogens (tertiary/aromatic N) is 4. The summed E-state index contributed by atoms with van der Waals surface area (Å²) in [5.74, 6) is 0.267. The lowest BCUT2D eigenvalue weighted by atomic mass is 10.2. The molecule has 1 aromatic rings. The van der Waals surface area contributed by atoms with Crippen LogP contribution < -0.4 is 0 Å². The number of aliphatic hydroxyl groups is 1. The fourth-order valence-corrected chi connectivity index (χ4v) is 3.65. The molecule has 0 bridgehead atoms. The van der Waals surface area contributed by atoms with Gasteiger partial charge >= 0.3 is 0 Å². The minimum absolute atomic E-state index is 0.253. The number of likely N-dealkylation sites (tertiary alicyclic amines) is 1. The zero-order valence-corrected chi connectivity index (χ0v) is 14.8. The molecule has 24 heavy (non-hydrogen) atoms. The first-order valence-electron chi connectivity index (χ1n) is 9.39. The Hall–Kier alpha value is -1.40. The van der Waals surface area contributed by atoms with E-state index in [9.17, 15) is 9.90 Å². The summed E-state index contributed by atoms with van der Waals surface area (Å²) in [5, 5.41) is 14.6. The molecule has 0 aliphatic carbocycles. The molecule has 0 spiro atoms. The van der Waals surface area contributed by atoms with Crippen molar-refractivity contribution in [3.8, 4) is 0 Å². The van der Waals surface area contributed by atoms with E-state index in [2.05, 4.69) is 15.6 Å². The standard InChI is InChI=1S/C18H30N4O2/c1-2-17(23)14-20-8-5-11-22-16(13-20)12-15(19-22)6-7-18(24)21-9-3-4-10-21/h12,17,23H,2-11,13-14H2,1H3. The maximum absolute atomic E-state index is 12.2. The van der Waals surface area contributed by atoms with Crippen LogP contribution in [0.15, 0.2) is 6.07 Å². The lowest BCUT2D eigenvalue weighted by Gasteiger charge is -2.22.